The largest absolute Gasteiger partial charge is 0.493 e. The fourth-order valence-corrected chi connectivity index (χ4v) is 7.80. The highest BCUT2D eigenvalue weighted by molar-refractivity contribution is 5.82. The molecule has 0 saturated carbocycles. The van der Waals surface area contributed by atoms with E-state index in [1.165, 1.54) is 167 Å². The zero-order valence-corrected chi connectivity index (χ0v) is 33.0. The molecule has 1 heterocycles. The minimum atomic E-state index is 0.934. The summed E-state index contributed by atoms with van der Waals surface area (Å²) in [4.78, 5) is 0. The highest BCUT2D eigenvalue weighted by Crippen LogP contribution is 2.44. The van der Waals surface area contributed by atoms with Crippen LogP contribution in [0.4, 0.5) is 0 Å². The van der Waals surface area contributed by atoms with E-state index in [0.717, 1.165) is 49.9 Å². The maximum atomic E-state index is 12.4. The molecule has 0 saturated heterocycles. The molecular weight excluding hydrogens is 593 g/mol. The van der Waals surface area contributed by atoms with Gasteiger partial charge in [-0.25, -0.2) is 4.70 Å². The van der Waals surface area contributed by atoms with Gasteiger partial charge in [0.05, 0.1) is 0 Å². The van der Waals surface area contributed by atoms with Gasteiger partial charge in [-0.05, 0) is 117 Å². The van der Waals surface area contributed by atoms with Crippen molar-refractivity contribution < 1.29 is 4.70 Å². The van der Waals surface area contributed by atoms with Gasteiger partial charge in [-0.2, -0.15) is 0 Å². The average Bonchev–Trinajstić information content (AvgIpc) is 3.39. The van der Waals surface area contributed by atoms with Crippen molar-refractivity contribution in [3.05, 3.63) is 86.5 Å². The smallest absolute Gasteiger partial charge is 0.211 e. The Balaban J connectivity index is 2.03. The molecule has 2 heteroatoms. The number of hydrogen-bond donors (Lipinski definition) is 0. The van der Waals surface area contributed by atoms with E-state index in [1.807, 2.05) is 0 Å². The molecule has 1 aliphatic heterocycles. The van der Waals surface area contributed by atoms with Gasteiger partial charge >= 0.3 is 0 Å². The summed E-state index contributed by atoms with van der Waals surface area (Å²) in [6.07, 6.45) is 30.7. The number of rotatable bonds is 27. The van der Waals surface area contributed by atoms with E-state index in [2.05, 4.69) is 77.9 Å². The summed E-state index contributed by atoms with van der Waals surface area (Å²) >= 11 is 0. The van der Waals surface area contributed by atoms with Crippen LogP contribution in [0.3, 0.4) is 0 Å². The molecule has 0 atom stereocenters. The van der Waals surface area contributed by atoms with E-state index in [4.69, 9.17) is 0 Å². The molecular formula is C47H74N2. The SMILES string of the molecule is CCCCCCCCc1cc(CCCC)cc(C2=C(CC)C(CCCCC)=C(c3cc(CCCC)cc(CCCCCCCC)c3)[N+]2=[N-])c1. The summed E-state index contributed by atoms with van der Waals surface area (Å²) in [5.41, 5.74) is 25.4. The molecule has 0 unspecified atom stereocenters. The van der Waals surface area contributed by atoms with Crippen molar-refractivity contribution in [2.75, 3.05) is 0 Å². The molecule has 272 valence electrons. The molecule has 0 bridgehead atoms. The van der Waals surface area contributed by atoms with Crippen LogP contribution in [0.1, 0.15) is 210 Å². The number of allylic oxidation sites excluding steroid dienone is 2. The molecule has 49 heavy (non-hydrogen) atoms. The first-order valence-electron chi connectivity index (χ1n) is 21.2. The monoisotopic (exact) mass is 667 g/mol. The maximum Gasteiger partial charge on any atom is 0.211 e. The van der Waals surface area contributed by atoms with Crippen LogP contribution in [0, 0.1) is 0 Å². The molecule has 0 N–H and O–H groups in total. The Morgan fingerprint density at radius 3 is 1.10 bits per heavy atom. The van der Waals surface area contributed by atoms with Crippen molar-refractivity contribution in [1.29, 1.82) is 0 Å². The van der Waals surface area contributed by atoms with Crippen LogP contribution >= 0.6 is 0 Å². The van der Waals surface area contributed by atoms with E-state index in [1.54, 1.807) is 4.70 Å². The van der Waals surface area contributed by atoms with Gasteiger partial charge in [0.15, 0.2) is 0 Å². The lowest BCUT2D eigenvalue weighted by molar-refractivity contribution is -0.345. The highest BCUT2D eigenvalue weighted by Gasteiger charge is 2.35. The van der Waals surface area contributed by atoms with Crippen molar-refractivity contribution >= 4 is 11.4 Å². The number of unbranched alkanes of at least 4 members (excludes halogenated alkanes) is 14. The summed E-state index contributed by atoms with van der Waals surface area (Å²) in [6, 6.07) is 14.6. The van der Waals surface area contributed by atoms with E-state index in [9.17, 15) is 5.53 Å². The first kappa shape index (κ1) is 40.9. The number of aryl methyl sites for hydroxylation is 4. The third-order valence-electron chi connectivity index (χ3n) is 10.7. The molecule has 2 aromatic rings. The molecule has 0 aromatic heterocycles. The van der Waals surface area contributed by atoms with Crippen molar-refractivity contribution in [2.45, 2.75) is 202 Å². The molecule has 0 radical (unpaired) electrons. The predicted octanol–water partition coefficient (Wildman–Crippen LogP) is 15.3. The molecule has 2 nitrogen and oxygen atoms in total. The second-order valence-electron chi connectivity index (χ2n) is 15.1. The quantitative estimate of drug-likeness (QED) is 0.0670. The number of hydrogen-bond acceptors (Lipinski definition) is 0. The van der Waals surface area contributed by atoms with Gasteiger partial charge in [-0.1, -0.05) is 144 Å². The Morgan fingerprint density at radius 2 is 0.694 bits per heavy atom. The Hall–Kier alpha value is -2.48. The van der Waals surface area contributed by atoms with Gasteiger partial charge in [-0.15, -0.1) is 0 Å². The standard InChI is InChI=1S/C47H74N2/c1-7-13-18-20-22-25-29-40-32-38(27-16-10-4)34-42(36-40)46-44(12-6)45(31-24-15-9-3)47(49(46)48)43-35-39(28-17-11-5)33-41(37-43)30-26-23-21-19-14-8-2/h32-37H,7-31H2,1-6H3. The van der Waals surface area contributed by atoms with Gasteiger partial charge in [0.2, 0.25) is 11.4 Å². The summed E-state index contributed by atoms with van der Waals surface area (Å²) in [5, 5.41) is 0. The minimum absolute atomic E-state index is 0.934. The van der Waals surface area contributed by atoms with Crippen molar-refractivity contribution in [2.24, 2.45) is 0 Å². The third kappa shape index (κ3) is 13.3. The first-order valence-corrected chi connectivity index (χ1v) is 21.2. The fraction of sp³-hybridized carbons (Fsp3) is 0.660. The zero-order chi connectivity index (χ0) is 35.3. The fourth-order valence-electron chi connectivity index (χ4n) is 7.80. The lowest BCUT2D eigenvalue weighted by Gasteiger charge is -2.15. The second kappa shape index (κ2) is 23.8. The topological polar surface area (TPSA) is 25.3 Å². The van der Waals surface area contributed by atoms with Gasteiger partial charge in [-0.3, -0.25) is 0 Å². The van der Waals surface area contributed by atoms with Gasteiger partial charge in [0.25, 0.3) is 0 Å². The van der Waals surface area contributed by atoms with E-state index >= 15 is 0 Å². The second-order valence-corrected chi connectivity index (χ2v) is 15.1. The lowest BCUT2D eigenvalue weighted by Crippen LogP contribution is -2.05. The van der Waals surface area contributed by atoms with Crippen molar-refractivity contribution in [3.8, 4) is 0 Å². The van der Waals surface area contributed by atoms with Crippen LogP contribution in [0.25, 0.3) is 16.9 Å². The summed E-state index contributed by atoms with van der Waals surface area (Å²) in [7, 11) is 0. The molecule has 3 rings (SSSR count). The Labute approximate surface area is 303 Å². The average molecular weight is 667 g/mol. The van der Waals surface area contributed by atoms with Gasteiger partial charge < -0.3 is 5.53 Å². The molecule has 0 fully saturated rings. The molecule has 0 spiro atoms. The van der Waals surface area contributed by atoms with Crippen molar-refractivity contribution in [3.63, 3.8) is 0 Å². The third-order valence-corrected chi connectivity index (χ3v) is 10.7. The predicted molar refractivity (Wildman–Crippen MR) is 216 cm³/mol. The Morgan fingerprint density at radius 1 is 0.367 bits per heavy atom. The minimum Gasteiger partial charge on any atom is -0.493 e. The van der Waals surface area contributed by atoms with Crippen LogP contribution in [0.2, 0.25) is 0 Å². The Kier molecular flexibility index (Phi) is 19.9. The molecule has 2 aromatic carbocycles. The first-order chi connectivity index (χ1) is 24.0. The molecule has 1 aliphatic rings. The van der Waals surface area contributed by atoms with Gasteiger partial charge in [0, 0.05) is 22.3 Å². The maximum absolute atomic E-state index is 12.4. The summed E-state index contributed by atoms with van der Waals surface area (Å²) < 4.78 is 1.64. The van der Waals surface area contributed by atoms with Crippen LogP contribution in [0.5, 0.6) is 0 Å². The van der Waals surface area contributed by atoms with Crippen LogP contribution in [-0.4, -0.2) is 4.70 Å². The summed E-state index contributed by atoms with van der Waals surface area (Å²) in [5.74, 6) is 0. The normalized spacial score (nSPS) is 13.4. The van der Waals surface area contributed by atoms with E-state index in [-0.39, 0.29) is 0 Å². The van der Waals surface area contributed by atoms with E-state index in [0.29, 0.717) is 0 Å². The van der Waals surface area contributed by atoms with Crippen LogP contribution in [-0.2, 0) is 25.7 Å². The lowest BCUT2D eigenvalue weighted by atomic mass is 9.91. The molecule has 0 aliphatic carbocycles. The Bertz CT molecular complexity index is 1330. The molecule has 0 amide bonds. The number of benzene rings is 2. The van der Waals surface area contributed by atoms with Crippen molar-refractivity contribution in [1.82, 2.24) is 0 Å². The van der Waals surface area contributed by atoms with Gasteiger partial charge in [0.1, 0.15) is 0 Å². The van der Waals surface area contributed by atoms with Crippen LogP contribution in [0.15, 0.2) is 47.5 Å². The van der Waals surface area contributed by atoms with E-state index < -0.39 is 0 Å². The number of nitrogens with zero attached hydrogens (tertiary/aromatic N) is 2. The summed E-state index contributed by atoms with van der Waals surface area (Å²) in [6.45, 7) is 13.8. The van der Waals surface area contributed by atoms with Crippen LogP contribution < -0.4 is 0 Å². The highest BCUT2D eigenvalue weighted by atomic mass is 15.2. The zero-order valence-electron chi connectivity index (χ0n) is 33.0.